The monoisotopic (exact) mass is 250 g/mol. The SMILES string of the molecule is C1CCOC1.CCCCCCC.c1ccccc1. The van der Waals surface area contributed by atoms with E-state index in [-0.39, 0.29) is 0 Å². The van der Waals surface area contributed by atoms with Crippen LogP contribution < -0.4 is 0 Å². The topological polar surface area (TPSA) is 9.23 Å². The van der Waals surface area contributed by atoms with Gasteiger partial charge < -0.3 is 4.74 Å². The molecular weight excluding hydrogens is 220 g/mol. The second-order valence-corrected chi connectivity index (χ2v) is 4.53. The van der Waals surface area contributed by atoms with E-state index in [0.717, 1.165) is 13.2 Å². The lowest BCUT2D eigenvalue weighted by atomic mass is 10.2. The lowest BCUT2D eigenvalue weighted by Gasteiger charge is -1.90. The summed E-state index contributed by atoms with van der Waals surface area (Å²) in [5.41, 5.74) is 0. The van der Waals surface area contributed by atoms with Crippen LogP contribution >= 0.6 is 0 Å². The highest BCUT2D eigenvalue weighted by Crippen LogP contribution is 2.00. The highest BCUT2D eigenvalue weighted by atomic mass is 16.5. The maximum absolute atomic E-state index is 4.94. The molecule has 0 amide bonds. The second-order valence-electron chi connectivity index (χ2n) is 4.53. The fourth-order valence-corrected chi connectivity index (χ4v) is 1.57. The first-order chi connectivity index (χ1) is 8.91. The van der Waals surface area contributed by atoms with Gasteiger partial charge in [0.05, 0.1) is 0 Å². The number of rotatable bonds is 4. The number of hydrogen-bond donors (Lipinski definition) is 0. The molecule has 1 saturated heterocycles. The van der Waals surface area contributed by atoms with Crippen LogP contribution in [0.1, 0.15) is 58.8 Å². The van der Waals surface area contributed by atoms with Crippen LogP contribution in [-0.2, 0) is 4.74 Å². The molecule has 2 rings (SSSR count). The van der Waals surface area contributed by atoms with E-state index in [1.807, 2.05) is 36.4 Å². The largest absolute Gasteiger partial charge is 0.381 e. The van der Waals surface area contributed by atoms with Crippen LogP contribution in [-0.4, -0.2) is 13.2 Å². The average Bonchev–Trinajstić information content (AvgIpc) is 3.01. The Morgan fingerprint density at radius 2 is 1.06 bits per heavy atom. The number of hydrogen-bond acceptors (Lipinski definition) is 1. The summed E-state index contributed by atoms with van der Waals surface area (Å²) >= 11 is 0. The van der Waals surface area contributed by atoms with Crippen molar-refractivity contribution < 1.29 is 4.74 Å². The summed E-state index contributed by atoms with van der Waals surface area (Å²) < 4.78 is 4.94. The first-order valence-corrected chi connectivity index (χ1v) is 7.49. The quantitative estimate of drug-likeness (QED) is 0.645. The molecule has 0 bridgehead atoms. The molecule has 0 unspecified atom stereocenters. The van der Waals surface area contributed by atoms with Gasteiger partial charge in [-0.2, -0.15) is 0 Å². The first kappa shape index (κ1) is 17.2. The summed E-state index contributed by atoms with van der Waals surface area (Å²) in [7, 11) is 0. The molecule has 0 aromatic heterocycles. The summed E-state index contributed by atoms with van der Waals surface area (Å²) in [4.78, 5) is 0. The van der Waals surface area contributed by atoms with Crippen LogP contribution in [0.15, 0.2) is 36.4 Å². The minimum Gasteiger partial charge on any atom is -0.381 e. The minimum atomic E-state index is 1.00. The maximum Gasteiger partial charge on any atom is 0.0466 e. The predicted molar refractivity (Wildman–Crippen MR) is 80.9 cm³/mol. The zero-order valence-corrected chi connectivity index (χ0v) is 12.2. The van der Waals surface area contributed by atoms with E-state index in [2.05, 4.69) is 13.8 Å². The van der Waals surface area contributed by atoms with Gasteiger partial charge in [0.25, 0.3) is 0 Å². The molecule has 1 aromatic carbocycles. The van der Waals surface area contributed by atoms with E-state index in [1.54, 1.807) is 0 Å². The van der Waals surface area contributed by atoms with Crippen molar-refractivity contribution in [1.29, 1.82) is 0 Å². The Hall–Kier alpha value is -0.820. The van der Waals surface area contributed by atoms with Gasteiger partial charge >= 0.3 is 0 Å². The highest BCUT2D eigenvalue weighted by Gasteiger charge is 1.94. The molecule has 0 N–H and O–H groups in total. The summed E-state index contributed by atoms with van der Waals surface area (Å²) in [6, 6.07) is 12.0. The Bertz CT molecular complexity index is 178. The van der Waals surface area contributed by atoms with Gasteiger partial charge in [0.15, 0.2) is 0 Å². The van der Waals surface area contributed by atoms with Gasteiger partial charge in [-0.05, 0) is 12.8 Å². The van der Waals surface area contributed by atoms with Crippen molar-refractivity contribution in [2.75, 3.05) is 13.2 Å². The van der Waals surface area contributed by atoms with Crippen molar-refractivity contribution in [3.63, 3.8) is 0 Å². The van der Waals surface area contributed by atoms with Gasteiger partial charge in [-0.25, -0.2) is 0 Å². The lowest BCUT2D eigenvalue weighted by molar-refractivity contribution is 0.198. The van der Waals surface area contributed by atoms with Crippen molar-refractivity contribution >= 4 is 0 Å². The molecule has 0 atom stereocenters. The van der Waals surface area contributed by atoms with Gasteiger partial charge in [0, 0.05) is 13.2 Å². The van der Waals surface area contributed by atoms with Gasteiger partial charge in [-0.1, -0.05) is 82.3 Å². The zero-order valence-electron chi connectivity index (χ0n) is 12.2. The molecular formula is C17H30O. The Labute approximate surface area is 114 Å². The van der Waals surface area contributed by atoms with Crippen molar-refractivity contribution in [2.24, 2.45) is 0 Å². The van der Waals surface area contributed by atoms with Crippen LogP contribution in [0.4, 0.5) is 0 Å². The van der Waals surface area contributed by atoms with E-state index < -0.39 is 0 Å². The molecule has 0 aliphatic carbocycles. The van der Waals surface area contributed by atoms with Crippen LogP contribution in [0.2, 0.25) is 0 Å². The van der Waals surface area contributed by atoms with Gasteiger partial charge in [0.2, 0.25) is 0 Å². The highest BCUT2D eigenvalue weighted by molar-refractivity contribution is 4.99. The van der Waals surface area contributed by atoms with E-state index in [0.29, 0.717) is 0 Å². The molecule has 0 spiro atoms. The molecule has 104 valence electrons. The van der Waals surface area contributed by atoms with E-state index in [9.17, 15) is 0 Å². The third-order valence-electron chi connectivity index (χ3n) is 2.70. The van der Waals surface area contributed by atoms with Crippen molar-refractivity contribution in [2.45, 2.75) is 58.8 Å². The first-order valence-electron chi connectivity index (χ1n) is 7.49. The number of benzene rings is 1. The molecule has 0 saturated carbocycles. The standard InChI is InChI=1S/C7H16.C6H6.C4H8O/c1-3-5-7-6-4-2;1-2-4-6-5-3-1;1-2-4-5-3-1/h3-7H2,1-2H3;1-6H;1-4H2. The van der Waals surface area contributed by atoms with Crippen LogP contribution in [0.25, 0.3) is 0 Å². The van der Waals surface area contributed by atoms with Crippen LogP contribution in [0.3, 0.4) is 0 Å². The molecule has 1 aromatic rings. The Morgan fingerprint density at radius 3 is 1.28 bits per heavy atom. The molecule has 1 heterocycles. The molecule has 18 heavy (non-hydrogen) atoms. The second kappa shape index (κ2) is 16.2. The molecule has 0 radical (unpaired) electrons. The summed E-state index contributed by atoms with van der Waals surface area (Å²) in [5.74, 6) is 0. The summed E-state index contributed by atoms with van der Waals surface area (Å²) in [6.07, 6.45) is 9.56. The molecule has 1 aliphatic heterocycles. The summed E-state index contributed by atoms with van der Waals surface area (Å²) in [6.45, 7) is 6.49. The van der Waals surface area contributed by atoms with Crippen LogP contribution in [0.5, 0.6) is 0 Å². The van der Waals surface area contributed by atoms with Crippen molar-refractivity contribution in [3.05, 3.63) is 36.4 Å². The van der Waals surface area contributed by atoms with E-state index in [4.69, 9.17) is 4.74 Å². The lowest BCUT2D eigenvalue weighted by Crippen LogP contribution is -1.74. The molecule has 1 heteroatoms. The Balaban J connectivity index is 0.000000243. The van der Waals surface area contributed by atoms with Gasteiger partial charge in [-0.15, -0.1) is 0 Å². The number of ether oxygens (including phenoxy) is 1. The molecule has 1 nitrogen and oxygen atoms in total. The zero-order chi connectivity index (χ0) is 13.3. The van der Waals surface area contributed by atoms with Gasteiger partial charge in [-0.3, -0.25) is 0 Å². The third kappa shape index (κ3) is 15.2. The number of unbranched alkanes of at least 4 members (excludes halogenated alkanes) is 4. The van der Waals surface area contributed by atoms with Crippen molar-refractivity contribution in [3.8, 4) is 0 Å². The molecule has 1 aliphatic rings. The van der Waals surface area contributed by atoms with Crippen LogP contribution in [0, 0.1) is 0 Å². The normalized spacial score (nSPS) is 13.0. The molecule has 1 fully saturated rings. The fourth-order valence-electron chi connectivity index (χ4n) is 1.57. The van der Waals surface area contributed by atoms with E-state index in [1.165, 1.54) is 44.9 Å². The summed E-state index contributed by atoms with van der Waals surface area (Å²) in [5, 5.41) is 0. The fraction of sp³-hybridized carbons (Fsp3) is 0.647. The minimum absolute atomic E-state index is 1.00. The Morgan fingerprint density at radius 1 is 0.667 bits per heavy atom. The third-order valence-corrected chi connectivity index (χ3v) is 2.70. The van der Waals surface area contributed by atoms with Gasteiger partial charge in [0.1, 0.15) is 0 Å². The average molecular weight is 250 g/mol. The van der Waals surface area contributed by atoms with E-state index >= 15 is 0 Å². The maximum atomic E-state index is 4.94. The predicted octanol–water partition coefficient (Wildman–Crippen LogP) is 5.46. The Kier molecular flexibility index (Phi) is 15.4. The van der Waals surface area contributed by atoms with Crippen molar-refractivity contribution in [1.82, 2.24) is 0 Å². The smallest absolute Gasteiger partial charge is 0.0466 e.